The Balaban J connectivity index is 1.77. The smallest absolute Gasteiger partial charge is 0.241 e. The van der Waals surface area contributed by atoms with E-state index in [4.69, 9.17) is 4.74 Å². The van der Waals surface area contributed by atoms with Crippen molar-refractivity contribution in [3.63, 3.8) is 0 Å². The first-order valence-corrected chi connectivity index (χ1v) is 7.59. The number of morpholine rings is 1. The fourth-order valence-corrected chi connectivity index (χ4v) is 2.84. The predicted molar refractivity (Wildman–Crippen MR) is 74.9 cm³/mol. The summed E-state index contributed by atoms with van der Waals surface area (Å²) in [6, 6.07) is 0.0413. The minimum Gasteiger partial charge on any atom is -0.379 e. The Hall–Kier alpha value is -0.650. The third kappa shape index (κ3) is 3.91. The molecule has 2 aliphatic rings. The van der Waals surface area contributed by atoms with Crippen molar-refractivity contribution < 1.29 is 9.53 Å². The highest BCUT2D eigenvalue weighted by molar-refractivity contribution is 5.84. The molecule has 5 heteroatoms. The number of carbonyl (C=O) groups excluding carboxylic acids is 1. The quantitative estimate of drug-likeness (QED) is 0.769. The Morgan fingerprint density at radius 3 is 2.74 bits per heavy atom. The van der Waals surface area contributed by atoms with Crippen LogP contribution in [0.3, 0.4) is 0 Å². The van der Waals surface area contributed by atoms with Crippen molar-refractivity contribution >= 4 is 5.91 Å². The number of carbonyl (C=O) groups is 1. The molecule has 2 unspecified atom stereocenters. The second kappa shape index (κ2) is 7.22. The maximum Gasteiger partial charge on any atom is 0.241 e. The molecule has 19 heavy (non-hydrogen) atoms. The number of hydrogen-bond donors (Lipinski definition) is 1. The van der Waals surface area contributed by atoms with E-state index in [1.54, 1.807) is 0 Å². The highest BCUT2D eigenvalue weighted by atomic mass is 16.5. The van der Waals surface area contributed by atoms with Gasteiger partial charge in [-0.1, -0.05) is 19.8 Å². The third-order valence-corrected chi connectivity index (χ3v) is 4.10. The maximum absolute atomic E-state index is 12.3. The molecule has 2 fully saturated rings. The predicted octanol–water partition coefficient (Wildman–Crippen LogP) is 0.655. The van der Waals surface area contributed by atoms with Crippen LogP contribution in [0.25, 0.3) is 0 Å². The Morgan fingerprint density at radius 2 is 2.05 bits per heavy atom. The lowest BCUT2D eigenvalue weighted by Crippen LogP contribution is -2.44. The summed E-state index contributed by atoms with van der Waals surface area (Å²) in [5.41, 5.74) is 0. The average molecular weight is 269 g/mol. The summed E-state index contributed by atoms with van der Waals surface area (Å²) in [6.45, 7) is 9.66. The Kier molecular flexibility index (Phi) is 5.60. The van der Waals surface area contributed by atoms with Crippen LogP contribution in [0.2, 0.25) is 0 Å². The van der Waals surface area contributed by atoms with Crippen LogP contribution in [0.4, 0.5) is 0 Å². The molecule has 2 saturated heterocycles. The largest absolute Gasteiger partial charge is 0.379 e. The third-order valence-electron chi connectivity index (χ3n) is 4.10. The lowest BCUT2D eigenvalue weighted by Gasteiger charge is -2.29. The van der Waals surface area contributed by atoms with Gasteiger partial charge in [-0.05, 0) is 13.3 Å². The van der Waals surface area contributed by atoms with E-state index in [-0.39, 0.29) is 18.1 Å². The lowest BCUT2D eigenvalue weighted by molar-refractivity contribution is -0.130. The summed E-state index contributed by atoms with van der Waals surface area (Å²) in [6.07, 6.45) is 3.41. The van der Waals surface area contributed by atoms with Crippen molar-refractivity contribution in [2.45, 2.75) is 45.3 Å². The zero-order valence-electron chi connectivity index (χ0n) is 12.2. The molecule has 0 aliphatic carbocycles. The van der Waals surface area contributed by atoms with E-state index >= 15 is 0 Å². The molecule has 1 N–H and O–H groups in total. The summed E-state index contributed by atoms with van der Waals surface area (Å²) >= 11 is 0. The maximum atomic E-state index is 12.3. The van der Waals surface area contributed by atoms with Gasteiger partial charge in [-0.2, -0.15) is 0 Å². The zero-order chi connectivity index (χ0) is 13.7. The molecule has 0 bridgehead atoms. The molecule has 0 radical (unpaired) electrons. The van der Waals surface area contributed by atoms with Gasteiger partial charge in [-0.15, -0.1) is 0 Å². The second-order valence-electron chi connectivity index (χ2n) is 5.52. The molecule has 0 aromatic rings. The van der Waals surface area contributed by atoms with Gasteiger partial charge in [0.25, 0.3) is 0 Å². The minimum atomic E-state index is 0.0413. The molecule has 0 aromatic carbocycles. The number of amides is 1. The summed E-state index contributed by atoms with van der Waals surface area (Å²) in [4.78, 5) is 16.7. The van der Waals surface area contributed by atoms with Crippen molar-refractivity contribution in [3.05, 3.63) is 0 Å². The van der Waals surface area contributed by atoms with Crippen LogP contribution in [-0.4, -0.2) is 67.3 Å². The SMILES string of the molecule is CCCCC1NC(C)N(CCN2CCOCC2)C1=O. The molecular weight excluding hydrogens is 242 g/mol. The standard InChI is InChI=1S/C14H27N3O2/c1-3-4-5-13-14(18)17(12(2)15-13)7-6-16-8-10-19-11-9-16/h12-13,15H,3-11H2,1-2H3. The van der Waals surface area contributed by atoms with Gasteiger partial charge in [0.2, 0.25) is 5.91 Å². The highest BCUT2D eigenvalue weighted by Gasteiger charge is 2.35. The lowest BCUT2D eigenvalue weighted by atomic mass is 10.1. The van der Waals surface area contributed by atoms with Crippen LogP contribution in [0.15, 0.2) is 0 Å². The van der Waals surface area contributed by atoms with Crippen LogP contribution < -0.4 is 5.32 Å². The first-order chi connectivity index (χ1) is 9.22. The van der Waals surface area contributed by atoms with E-state index in [0.717, 1.165) is 58.7 Å². The molecule has 110 valence electrons. The first-order valence-electron chi connectivity index (χ1n) is 7.59. The van der Waals surface area contributed by atoms with Crippen LogP contribution in [0, 0.1) is 0 Å². The van der Waals surface area contributed by atoms with E-state index in [9.17, 15) is 4.79 Å². The zero-order valence-corrected chi connectivity index (χ0v) is 12.2. The van der Waals surface area contributed by atoms with Gasteiger partial charge >= 0.3 is 0 Å². The first kappa shape index (κ1) is 14.8. The van der Waals surface area contributed by atoms with Gasteiger partial charge in [0, 0.05) is 26.2 Å². The molecule has 2 rings (SSSR count). The van der Waals surface area contributed by atoms with Gasteiger partial charge in [0.05, 0.1) is 25.4 Å². The topological polar surface area (TPSA) is 44.8 Å². The molecule has 0 aromatic heterocycles. The number of rotatable bonds is 6. The van der Waals surface area contributed by atoms with Crippen molar-refractivity contribution in [3.8, 4) is 0 Å². The van der Waals surface area contributed by atoms with Gasteiger partial charge < -0.3 is 9.64 Å². The number of nitrogens with one attached hydrogen (secondary N) is 1. The molecule has 2 heterocycles. The molecule has 2 aliphatic heterocycles. The van der Waals surface area contributed by atoms with Crippen molar-refractivity contribution in [2.24, 2.45) is 0 Å². The summed E-state index contributed by atoms with van der Waals surface area (Å²) < 4.78 is 5.34. The monoisotopic (exact) mass is 269 g/mol. The Morgan fingerprint density at radius 1 is 1.32 bits per heavy atom. The second-order valence-corrected chi connectivity index (χ2v) is 5.52. The van der Waals surface area contributed by atoms with E-state index in [2.05, 4.69) is 24.1 Å². The minimum absolute atomic E-state index is 0.0413. The molecule has 1 amide bonds. The molecular formula is C14H27N3O2. The van der Waals surface area contributed by atoms with Crippen LogP contribution in [-0.2, 0) is 9.53 Å². The highest BCUT2D eigenvalue weighted by Crippen LogP contribution is 2.15. The van der Waals surface area contributed by atoms with E-state index in [1.807, 2.05) is 4.90 Å². The normalized spacial score (nSPS) is 29.2. The number of ether oxygens (including phenoxy) is 1. The number of unbranched alkanes of at least 4 members (excludes halogenated alkanes) is 1. The van der Waals surface area contributed by atoms with Crippen molar-refractivity contribution in [2.75, 3.05) is 39.4 Å². The van der Waals surface area contributed by atoms with E-state index in [1.165, 1.54) is 0 Å². The van der Waals surface area contributed by atoms with Crippen molar-refractivity contribution in [1.82, 2.24) is 15.1 Å². The van der Waals surface area contributed by atoms with Crippen LogP contribution in [0.1, 0.15) is 33.1 Å². The fraction of sp³-hybridized carbons (Fsp3) is 0.929. The molecule has 0 saturated carbocycles. The fourth-order valence-electron chi connectivity index (χ4n) is 2.84. The van der Waals surface area contributed by atoms with Gasteiger partial charge in [0.15, 0.2) is 0 Å². The van der Waals surface area contributed by atoms with Crippen LogP contribution >= 0.6 is 0 Å². The van der Waals surface area contributed by atoms with Crippen molar-refractivity contribution in [1.29, 1.82) is 0 Å². The number of hydrogen-bond acceptors (Lipinski definition) is 4. The summed E-state index contributed by atoms with van der Waals surface area (Å²) in [5, 5.41) is 3.41. The molecule has 2 atom stereocenters. The number of nitrogens with zero attached hydrogens (tertiary/aromatic N) is 2. The summed E-state index contributed by atoms with van der Waals surface area (Å²) in [7, 11) is 0. The van der Waals surface area contributed by atoms with Gasteiger partial charge in [0.1, 0.15) is 0 Å². The Bertz CT molecular complexity index is 292. The van der Waals surface area contributed by atoms with Gasteiger partial charge in [-0.25, -0.2) is 0 Å². The average Bonchev–Trinajstić information content (AvgIpc) is 2.70. The summed E-state index contributed by atoms with van der Waals surface area (Å²) in [5.74, 6) is 0.286. The van der Waals surface area contributed by atoms with Crippen LogP contribution in [0.5, 0.6) is 0 Å². The van der Waals surface area contributed by atoms with Gasteiger partial charge in [-0.3, -0.25) is 15.0 Å². The molecule has 0 spiro atoms. The Labute approximate surface area is 116 Å². The molecule has 5 nitrogen and oxygen atoms in total. The van der Waals surface area contributed by atoms with E-state index in [0.29, 0.717) is 0 Å². The van der Waals surface area contributed by atoms with E-state index < -0.39 is 0 Å².